The second-order valence-electron chi connectivity index (χ2n) is 15.8. The van der Waals surface area contributed by atoms with Crippen molar-refractivity contribution in [2.45, 2.75) is 145 Å². The summed E-state index contributed by atoms with van der Waals surface area (Å²) in [5, 5.41) is 0. The third-order valence-electron chi connectivity index (χ3n) is 12.1. The van der Waals surface area contributed by atoms with Gasteiger partial charge < -0.3 is 24.0 Å². The Bertz CT molecular complexity index is 1570. The van der Waals surface area contributed by atoms with Gasteiger partial charge in [-0.1, -0.05) is 71.1 Å². The van der Waals surface area contributed by atoms with E-state index < -0.39 is 21.0 Å². The molecule has 0 radical (unpaired) electrons. The van der Waals surface area contributed by atoms with Crippen LogP contribution in [0.4, 0.5) is 5.69 Å². The third kappa shape index (κ3) is 11.8. The lowest BCUT2D eigenvalue weighted by Gasteiger charge is -2.45. The Kier molecular flexibility index (Phi) is 17.3. The van der Waals surface area contributed by atoms with E-state index in [0.717, 1.165) is 57.9 Å². The molecule has 0 amide bonds. The molecule has 3 saturated heterocycles. The highest BCUT2D eigenvalue weighted by molar-refractivity contribution is 7.95. The largest absolute Gasteiger partial charge is 0.612 e. The van der Waals surface area contributed by atoms with Crippen LogP contribution in [0.2, 0.25) is 0 Å². The molecule has 0 aliphatic carbocycles. The number of hydrogen-bond acceptors (Lipinski definition) is 8. The highest BCUT2D eigenvalue weighted by atomic mass is 32.2. The molecule has 1 atom stereocenters. The van der Waals surface area contributed by atoms with Crippen LogP contribution in [0.5, 0.6) is 5.75 Å². The molecule has 5 rings (SSSR count). The lowest BCUT2D eigenvalue weighted by atomic mass is 9.95. The molecule has 0 bridgehead atoms. The molecule has 8 nitrogen and oxygen atoms in total. The number of sulfone groups is 1. The van der Waals surface area contributed by atoms with Crippen LogP contribution in [0.15, 0.2) is 62.2 Å². The zero-order chi connectivity index (χ0) is 38.3. The minimum absolute atomic E-state index is 0.235. The Balaban J connectivity index is 1.24. The average Bonchev–Trinajstić information content (AvgIpc) is 3.20. The standard InChI is InChI=1S/C44H68N4O4S2/c1-5-6-7-8-9-10-11-12-13-17-34-52-39-18-21-41(22-19-39)54(50,51)36(2)44(42-35-40(53(4)49)20-23-43(42)45-3)48-32-26-38(27-33-48)47-30-24-37(25-31-47)46-28-15-14-16-29-46/h18-23,35,37-38H,3,5-17,24-34H2,1-2,4H3/b44-36-. The molecule has 0 N–H and O–H groups in total. The Morgan fingerprint density at radius 3 is 1.93 bits per heavy atom. The highest BCUT2D eigenvalue weighted by Gasteiger charge is 2.34. The van der Waals surface area contributed by atoms with Crippen molar-refractivity contribution < 1.29 is 17.7 Å². The van der Waals surface area contributed by atoms with Gasteiger partial charge in [0.2, 0.25) is 9.84 Å². The predicted octanol–water partition coefficient (Wildman–Crippen LogP) is 9.63. The lowest BCUT2D eigenvalue weighted by molar-refractivity contribution is 0.0556. The van der Waals surface area contributed by atoms with Crippen LogP contribution in [-0.2, 0) is 21.0 Å². The van der Waals surface area contributed by atoms with Gasteiger partial charge in [0.25, 0.3) is 0 Å². The van der Waals surface area contributed by atoms with Crippen LogP contribution in [-0.4, -0.2) is 98.6 Å². The Morgan fingerprint density at radius 2 is 1.35 bits per heavy atom. The molecule has 300 valence electrons. The van der Waals surface area contributed by atoms with Gasteiger partial charge in [-0.15, -0.1) is 0 Å². The van der Waals surface area contributed by atoms with Crippen molar-refractivity contribution in [2.24, 2.45) is 4.99 Å². The first-order valence-corrected chi connectivity index (χ1v) is 24.1. The maximum atomic E-state index is 14.4. The summed E-state index contributed by atoms with van der Waals surface area (Å²) in [5.74, 6) is 0.685. The van der Waals surface area contributed by atoms with Crippen molar-refractivity contribution in [1.29, 1.82) is 0 Å². The van der Waals surface area contributed by atoms with Crippen LogP contribution in [0.25, 0.3) is 5.70 Å². The Labute approximate surface area is 330 Å². The summed E-state index contributed by atoms with van der Waals surface area (Å²) in [6.07, 6.45) is 22.8. The van der Waals surface area contributed by atoms with Gasteiger partial charge in [-0.25, -0.2) is 8.42 Å². The smallest absolute Gasteiger partial charge is 0.204 e. The maximum absolute atomic E-state index is 14.4. The maximum Gasteiger partial charge on any atom is 0.204 e. The molecule has 54 heavy (non-hydrogen) atoms. The molecule has 2 aromatic rings. The lowest BCUT2D eigenvalue weighted by Crippen LogP contribution is -2.51. The number of piperidine rings is 3. The van der Waals surface area contributed by atoms with Crippen LogP contribution in [0, 0.1) is 0 Å². The van der Waals surface area contributed by atoms with Crippen molar-refractivity contribution in [3.8, 4) is 5.75 Å². The molecular weight excluding hydrogens is 713 g/mol. The molecule has 2 aromatic carbocycles. The van der Waals surface area contributed by atoms with Gasteiger partial charge in [-0.3, -0.25) is 4.99 Å². The molecule has 0 saturated carbocycles. The van der Waals surface area contributed by atoms with Gasteiger partial charge in [-0.05, 0) is 132 Å². The number of hydrogen-bond donors (Lipinski definition) is 0. The molecule has 1 unspecified atom stereocenters. The van der Waals surface area contributed by atoms with E-state index in [4.69, 9.17) is 4.74 Å². The van der Waals surface area contributed by atoms with Crippen molar-refractivity contribution >= 4 is 39.1 Å². The van der Waals surface area contributed by atoms with Crippen LogP contribution < -0.4 is 4.74 Å². The van der Waals surface area contributed by atoms with Crippen LogP contribution in [0.1, 0.15) is 129 Å². The van der Waals surface area contributed by atoms with E-state index in [9.17, 15) is 13.0 Å². The van der Waals surface area contributed by atoms with E-state index in [1.54, 1.807) is 49.6 Å². The normalized spacial score (nSPS) is 19.4. The number of rotatable bonds is 20. The topological polar surface area (TPSA) is 88.5 Å². The summed E-state index contributed by atoms with van der Waals surface area (Å²) < 4.78 is 47.5. The van der Waals surface area contributed by atoms with Crippen LogP contribution in [0.3, 0.4) is 0 Å². The number of unbranched alkanes of at least 4 members (excludes halogenated alkanes) is 9. The van der Waals surface area contributed by atoms with Gasteiger partial charge in [-0.2, -0.15) is 0 Å². The summed E-state index contributed by atoms with van der Waals surface area (Å²) in [5.41, 5.74) is 1.88. The number of allylic oxidation sites excluding steroid dienone is 1. The van der Waals surface area contributed by atoms with Crippen molar-refractivity contribution in [1.82, 2.24) is 14.7 Å². The van der Waals surface area contributed by atoms with Gasteiger partial charge in [0.05, 0.1) is 27.8 Å². The van der Waals surface area contributed by atoms with E-state index in [1.165, 1.54) is 96.6 Å². The summed E-state index contributed by atoms with van der Waals surface area (Å²) in [6, 6.07) is 13.5. The number of nitrogens with zero attached hydrogens (tertiary/aromatic N) is 4. The second kappa shape index (κ2) is 21.8. The van der Waals surface area contributed by atoms with Gasteiger partial charge in [0.15, 0.2) is 4.90 Å². The van der Waals surface area contributed by atoms with Crippen LogP contribution >= 0.6 is 0 Å². The zero-order valence-electron chi connectivity index (χ0n) is 33.6. The highest BCUT2D eigenvalue weighted by Crippen LogP contribution is 2.38. The number of likely N-dealkylation sites (tertiary alicyclic amines) is 3. The molecule has 3 aliphatic rings. The monoisotopic (exact) mass is 780 g/mol. The SMILES string of the molecule is C=Nc1ccc([S+](C)[O-])cc1/C(=C(\C)S(=O)(=O)c1ccc(OCCCCCCCCCCCC)cc1)N1CCC(N2CCC(N3CCCCC3)CC2)CC1. The average molecular weight is 781 g/mol. The zero-order valence-corrected chi connectivity index (χ0v) is 35.2. The molecule has 3 fully saturated rings. The van der Waals surface area contributed by atoms with E-state index in [0.29, 0.717) is 40.2 Å². The number of benzene rings is 2. The van der Waals surface area contributed by atoms with E-state index >= 15 is 0 Å². The van der Waals surface area contributed by atoms with Gasteiger partial charge >= 0.3 is 0 Å². The summed E-state index contributed by atoms with van der Waals surface area (Å²) >= 11 is -1.24. The minimum Gasteiger partial charge on any atom is -0.612 e. The van der Waals surface area contributed by atoms with E-state index in [1.807, 2.05) is 6.07 Å². The van der Waals surface area contributed by atoms with Crippen molar-refractivity contribution in [3.63, 3.8) is 0 Å². The van der Waals surface area contributed by atoms with Gasteiger partial charge in [0.1, 0.15) is 12.0 Å². The third-order valence-corrected chi connectivity index (χ3v) is 14.9. The summed E-state index contributed by atoms with van der Waals surface area (Å²) in [6.45, 7) is 14.7. The van der Waals surface area contributed by atoms with Gasteiger partial charge in [0, 0.05) is 36.8 Å². The molecule has 0 spiro atoms. The quantitative estimate of drug-likeness (QED) is 0.0752. The Morgan fingerprint density at radius 1 is 0.796 bits per heavy atom. The molecular formula is C44H68N4O4S2. The minimum atomic E-state index is -3.88. The van der Waals surface area contributed by atoms with Crippen molar-refractivity contribution in [3.05, 3.63) is 52.9 Å². The van der Waals surface area contributed by atoms with E-state index in [2.05, 4.69) is 33.3 Å². The fraction of sp³-hybridized carbons (Fsp3) is 0.659. The molecule has 0 aromatic heterocycles. The fourth-order valence-corrected chi connectivity index (χ4v) is 10.6. The number of aliphatic imine (C=N–C) groups is 1. The second-order valence-corrected chi connectivity index (χ2v) is 19.3. The van der Waals surface area contributed by atoms with Crippen molar-refractivity contribution in [2.75, 3.05) is 52.1 Å². The predicted molar refractivity (Wildman–Crippen MR) is 226 cm³/mol. The summed E-state index contributed by atoms with van der Waals surface area (Å²) in [4.78, 5) is 13.1. The first-order valence-electron chi connectivity index (χ1n) is 21.1. The summed E-state index contributed by atoms with van der Waals surface area (Å²) in [7, 11) is -3.88. The molecule has 10 heteroatoms. The molecule has 3 heterocycles. The molecule has 3 aliphatic heterocycles. The Hall–Kier alpha value is -2.37. The fourth-order valence-electron chi connectivity index (χ4n) is 8.76. The first kappa shape index (κ1) is 42.8. The number of ether oxygens (including phenoxy) is 1. The first-order chi connectivity index (χ1) is 26.2. The van der Waals surface area contributed by atoms with E-state index in [-0.39, 0.29) is 9.80 Å².